The van der Waals surface area contributed by atoms with Crippen LogP contribution in [0.3, 0.4) is 0 Å². The summed E-state index contributed by atoms with van der Waals surface area (Å²) in [6.07, 6.45) is 11.3. The fraction of sp³-hybridized carbons (Fsp3) is 0. The lowest BCUT2D eigenvalue weighted by atomic mass is 9.99. The minimum absolute atomic E-state index is 0.521. The van der Waals surface area contributed by atoms with Gasteiger partial charge in [0, 0.05) is 69.9 Å². The molecule has 0 atom stereocenters. The third-order valence-corrected chi connectivity index (χ3v) is 14.1. The van der Waals surface area contributed by atoms with E-state index in [-0.39, 0.29) is 0 Å². The first-order chi connectivity index (χ1) is 40.1. The van der Waals surface area contributed by atoms with Gasteiger partial charge in [-0.15, -0.1) is 0 Å². The zero-order chi connectivity index (χ0) is 53.9. The van der Waals surface area contributed by atoms with Crippen LogP contribution in [-0.4, -0.2) is 59.2 Å². The summed E-state index contributed by atoms with van der Waals surface area (Å²) in [6.45, 7) is 0. The van der Waals surface area contributed by atoms with Gasteiger partial charge >= 0.3 is 0 Å². The Kier molecular flexibility index (Phi) is 12.6. The van der Waals surface area contributed by atoms with Crippen LogP contribution in [0.5, 0.6) is 0 Å². The summed E-state index contributed by atoms with van der Waals surface area (Å²) in [4.78, 5) is 30.8. The molecule has 0 saturated carbocycles. The molecule has 5 heterocycles. The monoisotopic (exact) mass is 1040 g/mol. The summed E-state index contributed by atoms with van der Waals surface area (Å²) < 4.78 is 5.52. The smallest absolute Gasteiger partial charge is 0.164 e. The van der Waals surface area contributed by atoms with Crippen LogP contribution < -0.4 is 0 Å². The summed E-state index contributed by atoms with van der Waals surface area (Å²) in [6, 6.07) is 82.4. The van der Waals surface area contributed by atoms with E-state index in [4.69, 9.17) is 35.0 Å². The van der Waals surface area contributed by atoms with E-state index in [2.05, 4.69) is 162 Å². The standard InChI is InChI=1S/C69H46N12/c1-3-16-47(17-4-1)49-20-8-25-54(39-49)64-73-65(55-26-9-21-50(40-55)48-18-5-2-6-19-48)75-66(74-64)56-27-10-23-52(41-56)51-22-7-24-53(38-51)60-45-72-81(46-60)63-33-13-30-59(44-63)69-77-67(57-28-11-31-61(42-57)79-36-14-34-70-79)76-68(78-69)58-29-12-32-62(43-58)80-37-15-35-71-80/h1-46H. The minimum atomic E-state index is 0.521. The molecule has 9 aromatic carbocycles. The predicted molar refractivity (Wildman–Crippen MR) is 319 cm³/mol. The summed E-state index contributed by atoms with van der Waals surface area (Å²) in [7, 11) is 0. The van der Waals surface area contributed by atoms with E-state index >= 15 is 0 Å². The van der Waals surface area contributed by atoms with Gasteiger partial charge in [-0.3, -0.25) is 0 Å². The molecule has 0 aliphatic rings. The van der Waals surface area contributed by atoms with E-state index in [9.17, 15) is 0 Å². The Morgan fingerprint density at radius 1 is 0.210 bits per heavy atom. The molecule has 0 bridgehead atoms. The van der Waals surface area contributed by atoms with Gasteiger partial charge in [0.05, 0.1) is 23.3 Å². The van der Waals surface area contributed by atoms with Gasteiger partial charge in [0.2, 0.25) is 0 Å². The van der Waals surface area contributed by atoms with Gasteiger partial charge in [0.1, 0.15) is 0 Å². The second-order valence-electron chi connectivity index (χ2n) is 19.4. The second kappa shape index (κ2) is 21.2. The zero-order valence-electron chi connectivity index (χ0n) is 43.4. The highest BCUT2D eigenvalue weighted by Crippen LogP contribution is 2.34. The third kappa shape index (κ3) is 10.1. The number of hydrogen-bond donors (Lipinski definition) is 0. The number of nitrogens with zero attached hydrogens (tertiary/aromatic N) is 12. The van der Waals surface area contributed by atoms with Crippen molar-refractivity contribution in [3.05, 3.63) is 280 Å². The Morgan fingerprint density at radius 3 is 0.852 bits per heavy atom. The zero-order valence-corrected chi connectivity index (χ0v) is 43.4. The molecule has 12 nitrogen and oxygen atoms in total. The minimum Gasteiger partial charge on any atom is -0.241 e. The number of benzene rings is 9. The average Bonchev–Trinajstić information content (AvgIpc) is 4.41. The lowest BCUT2D eigenvalue weighted by Gasteiger charge is -2.11. The summed E-state index contributed by atoms with van der Waals surface area (Å²) in [5.41, 5.74) is 16.2. The SMILES string of the molecule is c1ccc(-c2cccc(-c3nc(-c4cccc(-c5ccccc5)c4)nc(-c4cccc(-c5cccc(-c6cnn(-c7cccc(-c8nc(-c9cccc(-n%10cccn%10)c9)nc(-c9cccc(-n%10cccn%10)c9)n8)c7)c6)c5)c4)n3)c2)cc1. The maximum Gasteiger partial charge on any atom is 0.164 e. The van der Waals surface area contributed by atoms with Crippen LogP contribution in [0.15, 0.2) is 280 Å². The van der Waals surface area contributed by atoms with Crippen LogP contribution in [0.2, 0.25) is 0 Å². The maximum atomic E-state index is 5.18. The van der Waals surface area contributed by atoms with Crippen LogP contribution in [0.25, 0.3) is 130 Å². The molecule has 14 rings (SSSR count). The van der Waals surface area contributed by atoms with Crippen molar-refractivity contribution in [2.75, 3.05) is 0 Å². The number of aromatic nitrogens is 12. The van der Waals surface area contributed by atoms with E-state index in [1.165, 1.54) is 0 Å². The largest absolute Gasteiger partial charge is 0.241 e. The third-order valence-electron chi connectivity index (χ3n) is 14.1. The molecule has 0 amide bonds. The van der Waals surface area contributed by atoms with Gasteiger partial charge in [-0.1, -0.05) is 170 Å². The van der Waals surface area contributed by atoms with Crippen LogP contribution in [0.1, 0.15) is 0 Å². The van der Waals surface area contributed by atoms with Crippen molar-refractivity contribution in [3.63, 3.8) is 0 Å². The van der Waals surface area contributed by atoms with E-state index in [1.807, 2.05) is 130 Å². The Balaban J connectivity index is 0.786. The predicted octanol–water partition coefficient (Wildman–Crippen LogP) is 15.3. The van der Waals surface area contributed by atoms with Crippen molar-refractivity contribution < 1.29 is 0 Å². The molecule has 382 valence electrons. The number of rotatable bonds is 13. The van der Waals surface area contributed by atoms with Gasteiger partial charge in [-0.05, 0) is 112 Å². The van der Waals surface area contributed by atoms with Crippen molar-refractivity contribution in [1.29, 1.82) is 0 Å². The summed E-state index contributed by atoms with van der Waals surface area (Å²) in [5, 5.41) is 13.8. The molecule has 0 unspecified atom stereocenters. The van der Waals surface area contributed by atoms with Crippen LogP contribution >= 0.6 is 0 Å². The summed E-state index contributed by atoms with van der Waals surface area (Å²) >= 11 is 0. The average molecular weight is 1040 g/mol. The molecule has 0 aliphatic heterocycles. The molecule has 81 heavy (non-hydrogen) atoms. The fourth-order valence-corrected chi connectivity index (χ4v) is 10.00. The van der Waals surface area contributed by atoms with Gasteiger partial charge in [0.15, 0.2) is 34.9 Å². The molecular formula is C69H46N12. The molecule has 12 heteroatoms. The van der Waals surface area contributed by atoms with E-state index in [0.717, 1.165) is 95.0 Å². The van der Waals surface area contributed by atoms with Crippen LogP contribution in [0.4, 0.5) is 0 Å². The first-order valence-electron chi connectivity index (χ1n) is 26.5. The second-order valence-corrected chi connectivity index (χ2v) is 19.4. The van der Waals surface area contributed by atoms with E-state index in [0.29, 0.717) is 34.9 Å². The van der Waals surface area contributed by atoms with Crippen molar-refractivity contribution >= 4 is 0 Å². The van der Waals surface area contributed by atoms with Gasteiger partial charge in [0.25, 0.3) is 0 Å². The number of hydrogen-bond acceptors (Lipinski definition) is 9. The van der Waals surface area contributed by atoms with E-state index in [1.54, 1.807) is 12.4 Å². The lowest BCUT2D eigenvalue weighted by molar-refractivity contribution is 0.879. The van der Waals surface area contributed by atoms with Crippen LogP contribution in [0, 0.1) is 0 Å². The van der Waals surface area contributed by atoms with Crippen molar-refractivity contribution in [1.82, 2.24) is 59.2 Å². The summed E-state index contributed by atoms with van der Waals surface area (Å²) in [5.74, 6) is 3.35. The van der Waals surface area contributed by atoms with Gasteiger partial charge < -0.3 is 0 Å². The molecule has 14 aromatic rings. The molecule has 0 N–H and O–H groups in total. The first-order valence-corrected chi connectivity index (χ1v) is 26.5. The molecular weight excluding hydrogens is 997 g/mol. The van der Waals surface area contributed by atoms with E-state index < -0.39 is 0 Å². The molecule has 0 radical (unpaired) electrons. The van der Waals surface area contributed by atoms with Crippen molar-refractivity contribution in [2.24, 2.45) is 0 Å². The highest BCUT2D eigenvalue weighted by atomic mass is 15.3. The Bertz CT molecular complexity index is 4340. The van der Waals surface area contributed by atoms with Crippen molar-refractivity contribution in [2.45, 2.75) is 0 Å². The molecule has 0 fully saturated rings. The normalized spacial score (nSPS) is 11.2. The Labute approximate surface area is 466 Å². The maximum absolute atomic E-state index is 5.18. The highest BCUT2D eigenvalue weighted by molar-refractivity contribution is 5.79. The Hall–Kier alpha value is -11.4. The molecule has 0 spiro atoms. The molecule has 0 saturated heterocycles. The topological polar surface area (TPSA) is 131 Å². The lowest BCUT2D eigenvalue weighted by Crippen LogP contribution is -2.02. The van der Waals surface area contributed by atoms with Gasteiger partial charge in [-0.25, -0.2) is 43.9 Å². The van der Waals surface area contributed by atoms with Crippen LogP contribution in [-0.2, 0) is 0 Å². The quantitative estimate of drug-likeness (QED) is 0.111. The van der Waals surface area contributed by atoms with Gasteiger partial charge in [-0.2, -0.15) is 15.3 Å². The fourth-order valence-electron chi connectivity index (χ4n) is 10.00. The Morgan fingerprint density at radius 2 is 0.494 bits per heavy atom. The molecule has 0 aliphatic carbocycles. The van der Waals surface area contributed by atoms with Crippen molar-refractivity contribution in [3.8, 4) is 130 Å². The highest BCUT2D eigenvalue weighted by Gasteiger charge is 2.18. The molecule has 5 aromatic heterocycles. The first kappa shape index (κ1) is 48.0.